The number of aliphatic carboxylic acids is 1. The van der Waals surface area contributed by atoms with Gasteiger partial charge >= 0.3 is 73.6 Å². The number of rotatable bonds is 3. The summed E-state index contributed by atoms with van der Waals surface area (Å²) in [4.78, 5) is 36.5. The van der Waals surface area contributed by atoms with Gasteiger partial charge in [0.1, 0.15) is 0 Å². The summed E-state index contributed by atoms with van der Waals surface area (Å²) in [5.41, 5.74) is 0. The van der Waals surface area contributed by atoms with E-state index in [1.807, 2.05) is 0 Å². The van der Waals surface area contributed by atoms with E-state index in [2.05, 4.69) is 0 Å². The van der Waals surface area contributed by atoms with Crippen molar-refractivity contribution in [2.45, 2.75) is 0 Å². The number of carboxylic acid groups (broad SMARTS) is 1. The van der Waals surface area contributed by atoms with Gasteiger partial charge in [-0.15, -0.1) is 0 Å². The summed E-state index contributed by atoms with van der Waals surface area (Å²) in [5.74, 6) is -1.74. The van der Waals surface area contributed by atoms with Crippen LogP contribution < -0.4 is 5.09 Å². The van der Waals surface area contributed by atoms with E-state index in [1.54, 1.807) is 5.09 Å². The number of carboxylic acids is 1. The van der Waals surface area contributed by atoms with Crippen molar-refractivity contribution < 1.29 is 24.6 Å². The van der Waals surface area contributed by atoms with Crippen LogP contribution in [-0.4, -0.2) is 50.2 Å². The van der Waals surface area contributed by atoms with Crippen molar-refractivity contribution in [3.8, 4) is 0 Å². The molecule has 0 spiro atoms. The zero-order valence-corrected chi connectivity index (χ0v) is 7.85. The first kappa shape index (κ1) is 12.0. The molecule has 6 N–H and O–H groups in total. The molecular formula is C4H12N3O5P. The molecule has 13 heavy (non-hydrogen) atoms. The van der Waals surface area contributed by atoms with Crippen LogP contribution in [0.3, 0.4) is 0 Å². The third-order valence-corrected chi connectivity index (χ3v) is 1.61. The molecule has 0 aliphatic heterocycles. The average Bonchev–Trinajstić information content (AvgIpc) is 1.81. The predicted molar refractivity (Wildman–Crippen MR) is 46.1 cm³/mol. The van der Waals surface area contributed by atoms with Gasteiger partial charge in [-0.25, -0.2) is 0 Å². The van der Waals surface area contributed by atoms with Crippen molar-refractivity contribution in [3.63, 3.8) is 0 Å². The quantitative estimate of drug-likeness (QED) is 0.180. The van der Waals surface area contributed by atoms with Gasteiger partial charge in [0.15, 0.2) is 0 Å². The van der Waals surface area contributed by atoms with Gasteiger partial charge in [0.05, 0.1) is 0 Å². The van der Waals surface area contributed by atoms with E-state index in [1.165, 1.54) is 7.05 Å². The second kappa shape index (κ2) is 4.33. The van der Waals surface area contributed by atoms with Crippen molar-refractivity contribution >= 4 is 20.0 Å². The summed E-state index contributed by atoms with van der Waals surface area (Å²) in [6.45, 7) is -0.476. The topological polar surface area (TPSA) is 137 Å². The summed E-state index contributed by atoms with van der Waals surface area (Å²) >= 11 is 0. The fraction of sp³-hybridized carbons (Fsp3) is 0.500. The first-order valence-electron chi connectivity index (χ1n) is 3.19. The number of nitrogens with zero attached hydrogens (tertiary/aromatic N) is 1. The Balaban J connectivity index is 4.05. The molecule has 0 heterocycles. The molecule has 0 saturated heterocycles. The van der Waals surface area contributed by atoms with Crippen LogP contribution in [0.2, 0.25) is 0 Å². The maximum absolute atomic E-state index is 10.1. The first-order chi connectivity index (χ1) is 5.72. The summed E-state index contributed by atoms with van der Waals surface area (Å²) in [6, 6.07) is 0. The second-order valence-electron chi connectivity index (χ2n) is 2.36. The normalized spacial score (nSPS) is 12.0. The number of nitrogens with one attached hydrogen (secondary N) is 2. The van der Waals surface area contributed by atoms with Gasteiger partial charge in [-0.05, 0) is 0 Å². The Bertz CT molecular complexity index is 214. The maximum atomic E-state index is 10.1. The minimum absolute atomic E-state index is 0.476. The minimum atomic E-state index is -4.54. The summed E-state index contributed by atoms with van der Waals surface area (Å²) < 4.78 is 0. The molecule has 0 aromatic carbocycles. The van der Waals surface area contributed by atoms with Gasteiger partial charge in [0, 0.05) is 0 Å². The monoisotopic (exact) mass is 213 g/mol. The van der Waals surface area contributed by atoms with Crippen LogP contribution in [0, 0.1) is 5.41 Å². The molecule has 9 heteroatoms. The molecule has 0 bridgehead atoms. The van der Waals surface area contributed by atoms with E-state index in [4.69, 9.17) is 25.2 Å². The average molecular weight is 213 g/mol. The van der Waals surface area contributed by atoms with Gasteiger partial charge in [0.2, 0.25) is 0 Å². The number of likely N-dealkylation sites (N-methyl/N-ethyl adjacent to an activating group) is 1. The summed E-state index contributed by atoms with van der Waals surface area (Å²) in [5, 5.41) is 17.0. The van der Waals surface area contributed by atoms with Gasteiger partial charge in [0.25, 0.3) is 0 Å². The van der Waals surface area contributed by atoms with Crippen molar-refractivity contribution in [2.24, 2.45) is 0 Å². The van der Waals surface area contributed by atoms with E-state index in [-0.39, 0.29) is 0 Å². The Morgan fingerprint density at radius 3 is 2.31 bits per heavy atom. The van der Waals surface area contributed by atoms with E-state index >= 15 is 0 Å². The van der Waals surface area contributed by atoms with Crippen LogP contribution >= 0.6 is 8.09 Å². The number of carbonyl (C=O) groups is 1. The Morgan fingerprint density at radius 2 is 2.00 bits per heavy atom. The molecule has 0 radical (unpaired) electrons. The van der Waals surface area contributed by atoms with E-state index in [0.717, 1.165) is 4.90 Å². The Labute approximate surface area is 74.6 Å². The molecule has 78 valence electrons. The van der Waals surface area contributed by atoms with Crippen molar-refractivity contribution in [3.05, 3.63) is 0 Å². The fourth-order valence-corrected chi connectivity index (χ4v) is 1.04. The number of hydrogen-bond donors (Lipinski definition) is 6. The number of hydrogen-bond acceptors (Lipinski definition) is 5. The van der Waals surface area contributed by atoms with Gasteiger partial charge in [-0.2, -0.15) is 0 Å². The van der Waals surface area contributed by atoms with Gasteiger partial charge < -0.3 is 0 Å². The van der Waals surface area contributed by atoms with Crippen LogP contribution in [-0.2, 0) is 4.79 Å². The summed E-state index contributed by atoms with van der Waals surface area (Å²) in [6.07, 6.45) is 0. The Hall–Kier alpha value is -0.950. The summed E-state index contributed by atoms with van der Waals surface area (Å²) in [7, 11) is -3.29. The fourth-order valence-electron chi connectivity index (χ4n) is 0.536. The first-order valence-corrected chi connectivity index (χ1v) is 5.03. The van der Waals surface area contributed by atoms with Crippen LogP contribution in [0.25, 0.3) is 0 Å². The van der Waals surface area contributed by atoms with Gasteiger partial charge in [-0.3, -0.25) is 0 Å². The second-order valence-corrected chi connectivity index (χ2v) is 3.88. The molecule has 0 rings (SSSR count). The van der Waals surface area contributed by atoms with Crippen molar-refractivity contribution in [1.82, 2.24) is 9.99 Å². The molecule has 0 amide bonds. The van der Waals surface area contributed by atoms with Crippen LogP contribution in [0.1, 0.15) is 0 Å². The third-order valence-electron chi connectivity index (χ3n) is 1.04. The predicted octanol–water partition coefficient (Wildman–Crippen LogP) is -2.09. The van der Waals surface area contributed by atoms with E-state index in [0.29, 0.717) is 0 Å². The Kier molecular flexibility index (Phi) is 4.02. The van der Waals surface area contributed by atoms with Crippen molar-refractivity contribution in [1.29, 1.82) is 5.41 Å². The molecule has 0 aliphatic rings. The van der Waals surface area contributed by atoms with Crippen molar-refractivity contribution in [2.75, 3.05) is 13.6 Å². The van der Waals surface area contributed by atoms with Crippen LogP contribution in [0.4, 0.5) is 0 Å². The SMILES string of the molecule is CN(CC(=O)O)C(=N)N[PH](O)(O)O. The number of guanidine groups is 1. The molecule has 0 atom stereocenters. The molecule has 0 aromatic rings. The molecule has 0 aromatic heterocycles. The molecule has 0 fully saturated rings. The third kappa shape index (κ3) is 6.23. The Morgan fingerprint density at radius 1 is 1.54 bits per heavy atom. The molecule has 0 aliphatic carbocycles. The van der Waals surface area contributed by atoms with E-state index < -0.39 is 26.6 Å². The standard InChI is InChI=1S/C4H12N3O5P/c1-7(2-3(8)9)4(5)6-13(10,11)12/h10-13H,2H2,1H3,(H2,5,6)(H,8,9). The molecule has 0 saturated carbocycles. The molecular weight excluding hydrogens is 201 g/mol. The van der Waals surface area contributed by atoms with Gasteiger partial charge in [-0.1, -0.05) is 0 Å². The zero-order valence-electron chi connectivity index (χ0n) is 6.85. The zero-order chi connectivity index (χ0) is 10.6. The van der Waals surface area contributed by atoms with Crippen LogP contribution in [0.5, 0.6) is 0 Å². The van der Waals surface area contributed by atoms with E-state index in [9.17, 15) is 4.79 Å². The molecule has 0 unspecified atom stereocenters. The molecule has 8 nitrogen and oxygen atoms in total. The van der Waals surface area contributed by atoms with Crippen LogP contribution in [0.15, 0.2) is 0 Å².